The summed E-state index contributed by atoms with van der Waals surface area (Å²) in [6, 6.07) is 18.6. The zero-order valence-corrected chi connectivity index (χ0v) is 20.2. The molecule has 5 heteroatoms. The second-order valence-corrected chi connectivity index (χ2v) is 10.2. The molecule has 1 saturated carbocycles. The Balaban J connectivity index is 1.88. The molecular formula is C28H39N3O2. The van der Waals surface area contributed by atoms with Crippen molar-refractivity contribution in [2.45, 2.75) is 65.0 Å². The summed E-state index contributed by atoms with van der Waals surface area (Å²) in [5, 5.41) is 3.18. The zero-order chi connectivity index (χ0) is 24.0. The van der Waals surface area contributed by atoms with Gasteiger partial charge in [-0.05, 0) is 54.6 Å². The molecule has 0 bridgehead atoms. The van der Waals surface area contributed by atoms with Crippen LogP contribution in [0.5, 0.6) is 0 Å². The maximum atomic E-state index is 13.2. The molecule has 5 nitrogen and oxygen atoms in total. The Morgan fingerprint density at radius 3 is 2.21 bits per heavy atom. The summed E-state index contributed by atoms with van der Waals surface area (Å²) in [4.78, 5) is 26.2. The molecule has 0 aliphatic heterocycles. The van der Waals surface area contributed by atoms with Crippen LogP contribution in [0.15, 0.2) is 60.7 Å². The lowest BCUT2D eigenvalue weighted by molar-refractivity contribution is -0.138. The first-order chi connectivity index (χ1) is 15.7. The summed E-state index contributed by atoms with van der Waals surface area (Å²) in [5.74, 6) is 0.471. The van der Waals surface area contributed by atoms with Crippen LogP contribution in [0.4, 0.5) is 0 Å². The fraction of sp³-hybridized carbons (Fsp3) is 0.500. The first-order valence-electron chi connectivity index (χ1n) is 12.2. The van der Waals surface area contributed by atoms with Crippen LogP contribution >= 0.6 is 0 Å². The maximum Gasteiger partial charge on any atom is 0.237 e. The van der Waals surface area contributed by atoms with Gasteiger partial charge in [-0.2, -0.15) is 0 Å². The molecule has 3 unspecified atom stereocenters. The highest BCUT2D eigenvalue weighted by molar-refractivity contribution is 5.83. The highest BCUT2D eigenvalue weighted by Gasteiger charge is 2.50. The minimum absolute atomic E-state index is 0.187. The van der Waals surface area contributed by atoms with Crippen molar-refractivity contribution in [3.8, 4) is 0 Å². The van der Waals surface area contributed by atoms with E-state index < -0.39 is 11.5 Å². The third-order valence-electron chi connectivity index (χ3n) is 7.41. The Morgan fingerprint density at radius 1 is 1.03 bits per heavy atom. The van der Waals surface area contributed by atoms with Gasteiger partial charge in [0.2, 0.25) is 11.8 Å². The second-order valence-electron chi connectivity index (χ2n) is 10.2. The molecule has 1 fully saturated rings. The van der Waals surface area contributed by atoms with E-state index in [0.29, 0.717) is 24.7 Å². The average molecular weight is 450 g/mol. The Bertz CT molecular complexity index is 915. The van der Waals surface area contributed by atoms with Gasteiger partial charge in [0.25, 0.3) is 0 Å². The maximum absolute atomic E-state index is 13.2. The molecule has 2 aromatic carbocycles. The number of amides is 2. The number of carbonyl (C=O) groups is 2. The van der Waals surface area contributed by atoms with Gasteiger partial charge in [0.1, 0.15) is 0 Å². The van der Waals surface area contributed by atoms with Gasteiger partial charge in [-0.1, -0.05) is 87.9 Å². The van der Waals surface area contributed by atoms with E-state index in [1.54, 1.807) is 0 Å². The highest BCUT2D eigenvalue weighted by Crippen LogP contribution is 2.51. The summed E-state index contributed by atoms with van der Waals surface area (Å²) < 4.78 is 0. The fourth-order valence-electron chi connectivity index (χ4n) is 5.75. The van der Waals surface area contributed by atoms with Crippen molar-refractivity contribution in [2.24, 2.45) is 34.6 Å². The standard InChI is InChI=1S/C28H39N3O2/c1-19(2)23-15-14-20(3)17-28(23,27(30)33)18-25(22-12-8-5-9-13-22)31-26(32)24(29)16-21-10-6-4-7-11-21/h4-13,19-20,23-25H,14-18,29H2,1-3H3,(H2,30,33)(H,31,32)/t20?,23?,24-,25+,28?/m0/s1. The summed E-state index contributed by atoms with van der Waals surface area (Å²) in [6.45, 7) is 6.54. The van der Waals surface area contributed by atoms with Crippen molar-refractivity contribution >= 4 is 11.8 Å². The number of rotatable bonds is 9. The van der Waals surface area contributed by atoms with Crippen LogP contribution in [0, 0.1) is 23.2 Å². The molecule has 1 aliphatic rings. The highest BCUT2D eigenvalue weighted by atomic mass is 16.2. The van der Waals surface area contributed by atoms with Gasteiger partial charge in [-0.25, -0.2) is 0 Å². The van der Waals surface area contributed by atoms with Gasteiger partial charge in [-0.15, -0.1) is 0 Å². The van der Waals surface area contributed by atoms with Crippen molar-refractivity contribution in [1.82, 2.24) is 5.32 Å². The summed E-state index contributed by atoms with van der Waals surface area (Å²) >= 11 is 0. The third-order valence-corrected chi connectivity index (χ3v) is 7.41. The molecule has 2 aromatic rings. The van der Waals surface area contributed by atoms with Crippen molar-refractivity contribution in [3.63, 3.8) is 0 Å². The number of hydrogen-bond acceptors (Lipinski definition) is 3. The van der Waals surface area contributed by atoms with Crippen LogP contribution in [0.1, 0.15) is 63.6 Å². The van der Waals surface area contributed by atoms with E-state index in [1.165, 1.54) is 0 Å². The van der Waals surface area contributed by atoms with Crippen molar-refractivity contribution in [2.75, 3.05) is 0 Å². The summed E-state index contributed by atoms with van der Waals surface area (Å²) in [7, 11) is 0. The van der Waals surface area contributed by atoms with Gasteiger partial charge in [0, 0.05) is 0 Å². The largest absolute Gasteiger partial charge is 0.369 e. The zero-order valence-electron chi connectivity index (χ0n) is 20.2. The van der Waals surface area contributed by atoms with Gasteiger partial charge in [0.15, 0.2) is 0 Å². The molecular weight excluding hydrogens is 410 g/mol. The summed E-state index contributed by atoms with van der Waals surface area (Å²) in [6.07, 6.45) is 3.78. The van der Waals surface area contributed by atoms with Crippen LogP contribution in [0.3, 0.4) is 0 Å². The third kappa shape index (κ3) is 6.02. The predicted octanol–water partition coefficient (Wildman–Crippen LogP) is 4.37. The van der Waals surface area contributed by atoms with Crippen LogP contribution in [-0.2, 0) is 16.0 Å². The van der Waals surface area contributed by atoms with E-state index in [9.17, 15) is 9.59 Å². The molecule has 33 heavy (non-hydrogen) atoms. The fourth-order valence-corrected chi connectivity index (χ4v) is 5.75. The first-order valence-corrected chi connectivity index (χ1v) is 12.2. The number of nitrogens with two attached hydrogens (primary N) is 2. The molecule has 1 aliphatic carbocycles. The first kappa shape index (κ1) is 25.0. The molecule has 0 spiro atoms. The molecule has 0 heterocycles. The number of nitrogens with one attached hydrogen (secondary N) is 1. The van der Waals surface area contributed by atoms with Gasteiger partial charge in [-0.3, -0.25) is 9.59 Å². The van der Waals surface area contributed by atoms with E-state index in [0.717, 1.165) is 30.4 Å². The smallest absolute Gasteiger partial charge is 0.237 e. The van der Waals surface area contributed by atoms with Gasteiger partial charge >= 0.3 is 0 Å². The van der Waals surface area contributed by atoms with Gasteiger partial charge in [0.05, 0.1) is 17.5 Å². The number of benzene rings is 2. The number of primary amides is 1. The van der Waals surface area contributed by atoms with Crippen molar-refractivity contribution in [3.05, 3.63) is 71.8 Å². The SMILES string of the molecule is CC1CCC(C(C)C)C(C[C@@H](NC(=O)[C@@H](N)Cc2ccccc2)c2ccccc2)(C(N)=O)C1. The molecule has 178 valence electrons. The topological polar surface area (TPSA) is 98.2 Å². The van der Waals surface area contributed by atoms with Crippen LogP contribution in [-0.4, -0.2) is 17.9 Å². The quantitative estimate of drug-likeness (QED) is 0.530. The van der Waals surface area contributed by atoms with E-state index >= 15 is 0 Å². The van der Waals surface area contributed by atoms with Crippen LogP contribution < -0.4 is 16.8 Å². The Morgan fingerprint density at radius 2 is 1.64 bits per heavy atom. The lowest BCUT2D eigenvalue weighted by atomic mass is 9.57. The molecule has 2 amide bonds. The molecule has 0 saturated heterocycles. The van der Waals surface area contributed by atoms with Crippen molar-refractivity contribution in [1.29, 1.82) is 0 Å². The molecule has 0 radical (unpaired) electrons. The summed E-state index contributed by atoms with van der Waals surface area (Å²) in [5.41, 5.74) is 13.8. The Hall–Kier alpha value is -2.66. The number of carbonyl (C=O) groups excluding carboxylic acids is 2. The molecule has 0 aromatic heterocycles. The molecule has 5 N–H and O–H groups in total. The normalized spacial score (nSPS) is 24.8. The van der Waals surface area contributed by atoms with E-state index in [-0.39, 0.29) is 23.8 Å². The predicted molar refractivity (Wildman–Crippen MR) is 133 cm³/mol. The van der Waals surface area contributed by atoms with Gasteiger partial charge < -0.3 is 16.8 Å². The van der Waals surface area contributed by atoms with Crippen LogP contribution in [0.25, 0.3) is 0 Å². The van der Waals surface area contributed by atoms with E-state index in [1.807, 2.05) is 60.7 Å². The molecule has 3 rings (SSSR count). The lowest BCUT2D eigenvalue weighted by Gasteiger charge is -2.48. The minimum atomic E-state index is -0.672. The Labute approximate surface area is 198 Å². The van der Waals surface area contributed by atoms with E-state index in [4.69, 9.17) is 11.5 Å². The van der Waals surface area contributed by atoms with E-state index in [2.05, 4.69) is 26.1 Å². The monoisotopic (exact) mass is 449 g/mol. The Kier molecular flexibility index (Phi) is 8.30. The van der Waals surface area contributed by atoms with Crippen LogP contribution in [0.2, 0.25) is 0 Å². The average Bonchev–Trinajstić information content (AvgIpc) is 2.79. The van der Waals surface area contributed by atoms with Crippen molar-refractivity contribution < 1.29 is 9.59 Å². The minimum Gasteiger partial charge on any atom is -0.369 e. The molecule has 5 atom stereocenters. The lowest BCUT2D eigenvalue weighted by Crippen LogP contribution is -2.52. The number of hydrogen-bond donors (Lipinski definition) is 3. The second kappa shape index (κ2) is 11.0.